The molecule has 1 rings (SSSR count). The highest BCUT2D eigenvalue weighted by molar-refractivity contribution is 8.00. The fourth-order valence-electron chi connectivity index (χ4n) is 1.37. The topological polar surface area (TPSA) is 98.5 Å². The first kappa shape index (κ1) is 17.0. The fourth-order valence-corrected chi connectivity index (χ4v) is 2.19. The molecule has 0 aliphatic rings. The average molecular weight is 312 g/mol. The molecule has 1 aromatic rings. The number of thioether (sulfide) groups is 1. The Balaban J connectivity index is 2.40. The van der Waals surface area contributed by atoms with E-state index in [1.54, 1.807) is 18.2 Å². The van der Waals surface area contributed by atoms with E-state index in [0.29, 0.717) is 11.4 Å². The molecule has 0 spiro atoms. The number of hydrogen-bond donors (Lipinski definition) is 1. The zero-order chi connectivity index (χ0) is 15.7. The molecule has 0 aliphatic carbocycles. The number of ether oxygens (including phenoxy) is 1. The van der Waals surface area contributed by atoms with Crippen LogP contribution < -0.4 is 5.32 Å². The normalized spacial score (nSPS) is 9.95. The molecule has 1 N–H and O–H groups in total. The molecular weight excluding hydrogens is 296 g/mol. The number of hydrogen-bond acceptors (Lipinski definition) is 6. The second-order valence-electron chi connectivity index (χ2n) is 4.02. The van der Waals surface area contributed by atoms with Gasteiger partial charge in [0.1, 0.15) is 0 Å². The van der Waals surface area contributed by atoms with Gasteiger partial charge in [-0.15, -0.1) is 11.8 Å². The van der Waals surface area contributed by atoms with Crippen molar-refractivity contribution in [1.82, 2.24) is 5.32 Å². The Labute approximate surface area is 126 Å². The smallest absolute Gasteiger partial charge is 0.316 e. The van der Waals surface area contributed by atoms with Gasteiger partial charge in [0.15, 0.2) is 6.61 Å². The summed E-state index contributed by atoms with van der Waals surface area (Å²) in [5.74, 6) is -1.04. The maximum absolute atomic E-state index is 11.5. The highest BCUT2D eigenvalue weighted by Gasteiger charge is 2.15. The molecule has 8 heteroatoms. The van der Waals surface area contributed by atoms with Gasteiger partial charge >= 0.3 is 5.97 Å². The van der Waals surface area contributed by atoms with Crippen molar-refractivity contribution in [3.63, 3.8) is 0 Å². The van der Waals surface area contributed by atoms with Crippen LogP contribution in [0.25, 0.3) is 0 Å². The number of esters is 1. The predicted octanol–water partition coefficient (Wildman–Crippen LogP) is 1.76. The molecule has 0 saturated heterocycles. The van der Waals surface area contributed by atoms with Crippen LogP contribution >= 0.6 is 11.8 Å². The molecule has 1 amide bonds. The fraction of sp³-hybridized carbons (Fsp3) is 0.385. The van der Waals surface area contributed by atoms with Crippen LogP contribution in [0.1, 0.15) is 13.3 Å². The van der Waals surface area contributed by atoms with Crippen LogP contribution in [0.2, 0.25) is 0 Å². The largest absolute Gasteiger partial charge is 0.455 e. The van der Waals surface area contributed by atoms with Gasteiger partial charge in [0.25, 0.3) is 11.6 Å². The summed E-state index contributed by atoms with van der Waals surface area (Å²) >= 11 is 1.01. The van der Waals surface area contributed by atoms with Crippen LogP contribution in [0.5, 0.6) is 0 Å². The first-order valence-electron chi connectivity index (χ1n) is 6.33. The van der Waals surface area contributed by atoms with Gasteiger partial charge in [-0.3, -0.25) is 19.7 Å². The van der Waals surface area contributed by atoms with E-state index < -0.39 is 10.9 Å². The number of amides is 1. The molecule has 114 valence electrons. The number of benzene rings is 1. The quantitative estimate of drug-likeness (QED) is 0.340. The maximum Gasteiger partial charge on any atom is 0.316 e. The summed E-state index contributed by atoms with van der Waals surface area (Å²) in [7, 11) is 0. The maximum atomic E-state index is 11.5. The summed E-state index contributed by atoms with van der Waals surface area (Å²) in [5.41, 5.74) is -0.0593. The second-order valence-corrected chi connectivity index (χ2v) is 5.04. The molecule has 0 aliphatic heterocycles. The van der Waals surface area contributed by atoms with E-state index in [9.17, 15) is 19.7 Å². The Morgan fingerprint density at radius 3 is 2.76 bits per heavy atom. The van der Waals surface area contributed by atoms with E-state index in [4.69, 9.17) is 4.74 Å². The van der Waals surface area contributed by atoms with Gasteiger partial charge in [0.05, 0.1) is 15.6 Å². The van der Waals surface area contributed by atoms with Crippen molar-refractivity contribution >= 4 is 29.3 Å². The van der Waals surface area contributed by atoms with Gasteiger partial charge in [-0.05, 0) is 12.5 Å². The van der Waals surface area contributed by atoms with Crippen molar-refractivity contribution in [2.24, 2.45) is 0 Å². The third-order valence-corrected chi connectivity index (χ3v) is 3.38. The number of nitro benzene ring substituents is 1. The molecule has 0 saturated carbocycles. The summed E-state index contributed by atoms with van der Waals surface area (Å²) in [6.45, 7) is 2.10. The molecule has 1 aromatic carbocycles. The van der Waals surface area contributed by atoms with Gasteiger partial charge in [-0.1, -0.05) is 19.1 Å². The molecule has 0 heterocycles. The Morgan fingerprint density at radius 2 is 2.10 bits per heavy atom. The summed E-state index contributed by atoms with van der Waals surface area (Å²) in [4.78, 5) is 33.4. The van der Waals surface area contributed by atoms with Crippen molar-refractivity contribution in [1.29, 1.82) is 0 Å². The number of nitrogens with zero attached hydrogens (tertiary/aromatic N) is 1. The summed E-state index contributed by atoms with van der Waals surface area (Å²) in [5, 5.41) is 13.4. The molecule has 0 radical (unpaired) electrons. The Hall–Kier alpha value is -2.09. The minimum atomic E-state index is -0.593. The van der Waals surface area contributed by atoms with Crippen LogP contribution in [0, 0.1) is 10.1 Å². The van der Waals surface area contributed by atoms with E-state index in [1.807, 2.05) is 6.92 Å². The van der Waals surface area contributed by atoms with Crippen LogP contribution in [-0.4, -0.2) is 35.7 Å². The highest BCUT2D eigenvalue weighted by atomic mass is 32.2. The van der Waals surface area contributed by atoms with E-state index >= 15 is 0 Å². The molecule has 0 unspecified atom stereocenters. The Morgan fingerprint density at radius 1 is 1.38 bits per heavy atom. The monoisotopic (exact) mass is 312 g/mol. The Bertz CT molecular complexity index is 521. The van der Waals surface area contributed by atoms with Crippen LogP contribution in [0.3, 0.4) is 0 Å². The van der Waals surface area contributed by atoms with E-state index in [1.165, 1.54) is 6.07 Å². The zero-order valence-corrected chi connectivity index (χ0v) is 12.4. The molecule has 7 nitrogen and oxygen atoms in total. The van der Waals surface area contributed by atoms with E-state index in [-0.39, 0.29) is 24.0 Å². The third kappa shape index (κ3) is 6.26. The number of nitrogens with one attached hydrogen (secondary N) is 1. The molecular formula is C13H16N2O5S. The average Bonchev–Trinajstić information content (AvgIpc) is 2.48. The van der Waals surface area contributed by atoms with Crippen molar-refractivity contribution in [3.05, 3.63) is 34.4 Å². The first-order valence-corrected chi connectivity index (χ1v) is 7.31. The van der Waals surface area contributed by atoms with Crippen molar-refractivity contribution in [2.75, 3.05) is 18.9 Å². The number of carbonyl (C=O) groups is 2. The number of para-hydroxylation sites is 1. The lowest BCUT2D eigenvalue weighted by Gasteiger charge is -2.05. The van der Waals surface area contributed by atoms with Crippen molar-refractivity contribution in [3.8, 4) is 0 Å². The summed E-state index contributed by atoms with van der Waals surface area (Å²) < 4.78 is 4.78. The number of carbonyl (C=O) groups excluding carboxylic acids is 2. The SMILES string of the molecule is CCCNC(=O)COC(=O)CSc1ccccc1[N+](=O)[O-]. The molecule has 0 bridgehead atoms. The first-order chi connectivity index (χ1) is 10.0. The Kier molecular flexibility index (Phi) is 7.24. The van der Waals surface area contributed by atoms with Gasteiger partial charge in [0, 0.05) is 12.6 Å². The van der Waals surface area contributed by atoms with Crippen LogP contribution in [0.4, 0.5) is 5.69 Å². The molecule has 0 fully saturated rings. The lowest BCUT2D eigenvalue weighted by atomic mass is 10.3. The van der Waals surface area contributed by atoms with Crippen molar-refractivity contribution < 1.29 is 19.2 Å². The minimum absolute atomic E-state index is 0.0593. The number of nitro groups is 1. The molecule has 0 aromatic heterocycles. The second kappa shape index (κ2) is 8.96. The van der Waals surface area contributed by atoms with Gasteiger partial charge in [-0.2, -0.15) is 0 Å². The van der Waals surface area contributed by atoms with Crippen LogP contribution in [0.15, 0.2) is 29.2 Å². The third-order valence-electron chi connectivity index (χ3n) is 2.34. The summed E-state index contributed by atoms with van der Waals surface area (Å²) in [6, 6.07) is 6.13. The highest BCUT2D eigenvalue weighted by Crippen LogP contribution is 2.28. The predicted molar refractivity (Wildman–Crippen MR) is 78.1 cm³/mol. The van der Waals surface area contributed by atoms with Crippen LogP contribution in [-0.2, 0) is 14.3 Å². The van der Waals surface area contributed by atoms with Gasteiger partial charge < -0.3 is 10.1 Å². The van der Waals surface area contributed by atoms with E-state index in [2.05, 4.69) is 5.32 Å². The van der Waals surface area contributed by atoms with Gasteiger partial charge in [0.2, 0.25) is 0 Å². The standard InChI is InChI=1S/C13H16N2O5S/c1-2-7-14-12(16)8-20-13(17)9-21-11-6-4-3-5-10(11)15(18)19/h3-6H,2,7-9H2,1H3,(H,14,16). The number of rotatable bonds is 8. The minimum Gasteiger partial charge on any atom is -0.455 e. The molecule has 0 atom stereocenters. The lowest BCUT2D eigenvalue weighted by molar-refractivity contribution is -0.387. The van der Waals surface area contributed by atoms with Crippen molar-refractivity contribution in [2.45, 2.75) is 18.2 Å². The molecule has 21 heavy (non-hydrogen) atoms. The summed E-state index contributed by atoms with van der Waals surface area (Å²) in [6.07, 6.45) is 0.799. The zero-order valence-electron chi connectivity index (χ0n) is 11.5. The lowest BCUT2D eigenvalue weighted by Crippen LogP contribution is -2.29. The van der Waals surface area contributed by atoms with E-state index in [0.717, 1.165) is 18.2 Å². The van der Waals surface area contributed by atoms with Gasteiger partial charge in [-0.25, -0.2) is 0 Å².